The quantitative estimate of drug-likeness (QED) is 0.671. The third-order valence-electron chi connectivity index (χ3n) is 4.62. The van der Waals surface area contributed by atoms with E-state index in [1.807, 2.05) is 12.1 Å². The minimum atomic E-state index is 0. The highest BCUT2D eigenvalue weighted by atomic mass is 35.5. The number of nitrogens with one attached hydrogen (secondary N) is 3. The molecule has 0 bridgehead atoms. The lowest BCUT2D eigenvalue weighted by atomic mass is 10.0. The smallest absolute Gasteiger partial charge is 0.228 e. The van der Waals surface area contributed by atoms with Crippen LogP contribution < -0.4 is 16.0 Å². The summed E-state index contributed by atoms with van der Waals surface area (Å²) >= 11 is 0. The van der Waals surface area contributed by atoms with Crippen molar-refractivity contribution in [2.75, 3.05) is 44.6 Å². The minimum absolute atomic E-state index is 0. The number of rotatable bonds is 7. The van der Waals surface area contributed by atoms with E-state index in [0.717, 1.165) is 63.4 Å². The number of carbonyl (C=O) groups is 2. The maximum absolute atomic E-state index is 11.9. The van der Waals surface area contributed by atoms with Crippen LogP contribution in [0.15, 0.2) is 18.2 Å². The summed E-state index contributed by atoms with van der Waals surface area (Å²) in [5, 5.41) is 9.17. The second kappa shape index (κ2) is 9.75. The predicted molar refractivity (Wildman–Crippen MR) is 101 cm³/mol. The molecule has 2 aliphatic heterocycles. The Bertz CT molecular complexity index is 603. The molecule has 2 aliphatic rings. The number of carbonyl (C=O) groups excluding carboxylic acids is 2. The number of fused-ring (bicyclic) bond motifs is 1. The Hall–Kier alpha value is -1.63. The maximum atomic E-state index is 11.9. The lowest BCUT2D eigenvalue weighted by Gasteiger charge is -2.27. The van der Waals surface area contributed by atoms with Crippen LogP contribution in [0.4, 0.5) is 5.69 Å². The first-order valence-electron chi connectivity index (χ1n) is 8.82. The predicted octanol–water partition coefficient (Wildman–Crippen LogP) is 0.947. The lowest BCUT2D eigenvalue weighted by Crippen LogP contribution is -2.46. The number of anilines is 1. The van der Waals surface area contributed by atoms with Gasteiger partial charge in [-0.05, 0) is 30.0 Å². The van der Waals surface area contributed by atoms with E-state index in [-0.39, 0.29) is 24.2 Å². The van der Waals surface area contributed by atoms with Crippen molar-refractivity contribution in [3.63, 3.8) is 0 Å². The van der Waals surface area contributed by atoms with E-state index in [1.165, 1.54) is 5.56 Å². The molecule has 1 saturated heterocycles. The molecule has 2 amide bonds. The van der Waals surface area contributed by atoms with Crippen molar-refractivity contribution in [1.29, 1.82) is 0 Å². The largest absolute Gasteiger partial charge is 0.355 e. The highest BCUT2D eigenvalue weighted by Gasteiger charge is 2.17. The molecule has 1 fully saturated rings. The zero-order chi connectivity index (χ0) is 16.8. The summed E-state index contributed by atoms with van der Waals surface area (Å²) in [5.74, 6) is 0.189. The van der Waals surface area contributed by atoms with Gasteiger partial charge in [0.15, 0.2) is 0 Å². The summed E-state index contributed by atoms with van der Waals surface area (Å²) in [4.78, 5) is 25.6. The van der Waals surface area contributed by atoms with Gasteiger partial charge in [0.1, 0.15) is 0 Å². The fraction of sp³-hybridized carbons (Fsp3) is 0.556. The fourth-order valence-electron chi connectivity index (χ4n) is 3.27. The molecule has 6 nitrogen and oxygen atoms in total. The molecule has 138 valence electrons. The van der Waals surface area contributed by atoms with Crippen molar-refractivity contribution in [2.45, 2.75) is 25.7 Å². The summed E-state index contributed by atoms with van der Waals surface area (Å²) in [6, 6.07) is 6.07. The molecule has 2 heterocycles. The second-order valence-electron chi connectivity index (χ2n) is 6.51. The Kier molecular flexibility index (Phi) is 7.68. The highest BCUT2D eigenvalue weighted by Crippen LogP contribution is 2.24. The number of nitrogens with zero attached hydrogens (tertiary/aromatic N) is 1. The van der Waals surface area contributed by atoms with Crippen molar-refractivity contribution in [2.24, 2.45) is 0 Å². The van der Waals surface area contributed by atoms with Crippen molar-refractivity contribution >= 4 is 29.9 Å². The monoisotopic (exact) mass is 366 g/mol. The normalized spacial score (nSPS) is 16.7. The first kappa shape index (κ1) is 19.7. The number of amides is 2. The van der Waals surface area contributed by atoms with Crippen LogP contribution in [0, 0.1) is 0 Å². The van der Waals surface area contributed by atoms with E-state index in [2.05, 4.69) is 26.9 Å². The zero-order valence-electron chi connectivity index (χ0n) is 14.5. The molecule has 25 heavy (non-hydrogen) atoms. The molecule has 3 N–H and O–H groups in total. The average Bonchev–Trinajstić information content (AvgIpc) is 2.95. The summed E-state index contributed by atoms with van der Waals surface area (Å²) in [7, 11) is 0. The van der Waals surface area contributed by atoms with Gasteiger partial charge < -0.3 is 16.0 Å². The van der Waals surface area contributed by atoms with Crippen LogP contribution >= 0.6 is 12.4 Å². The number of aryl methyl sites for hydroxylation is 1. The third kappa shape index (κ3) is 5.99. The van der Waals surface area contributed by atoms with Crippen LogP contribution in [0.25, 0.3) is 0 Å². The molecule has 7 heteroatoms. The van der Waals surface area contributed by atoms with Gasteiger partial charge in [-0.1, -0.05) is 12.1 Å². The highest BCUT2D eigenvalue weighted by molar-refractivity contribution is 5.99. The molecule has 1 aromatic carbocycles. The van der Waals surface area contributed by atoms with Gasteiger partial charge in [-0.2, -0.15) is 0 Å². The van der Waals surface area contributed by atoms with Gasteiger partial charge in [0.05, 0.1) is 6.42 Å². The number of hydrogen-bond donors (Lipinski definition) is 3. The number of hydrogen-bond acceptors (Lipinski definition) is 4. The molecule has 0 aromatic heterocycles. The van der Waals surface area contributed by atoms with E-state index >= 15 is 0 Å². The van der Waals surface area contributed by atoms with Gasteiger partial charge in [-0.15, -0.1) is 12.4 Å². The van der Waals surface area contributed by atoms with Gasteiger partial charge in [-0.25, -0.2) is 0 Å². The summed E-state index contributed by atoms with van der Waals surface area (Å²) in [5.41, 5.74) is 3.19. The molecule has 0 unspecified atom stereocenters. The average molecular weight is 367 g/mol. The number of piperazine rings is 1. The van der Waals surface area contributed by atoms with E-state index in [0.29, 0.717) is 12.8 Å². The Morgan fingerprint density at radius 3 is 2.84 bits per heavy atom. The van der Waals surface area contributed by atoms with Gasteiger partial charge >= 0.3 is 0 Å². The lowest BCUT2D eigenvalue weighted by molar-refractivity contribution is -0.121. The van der Waals surface area contributed by atoms with Gasteiger partial charge in [0.2, 0.25) is 11.8 Å². The van der Waals surface area contributed by atoms with Crippen LogP contribution in [-0.4, -0.2) is 56.0 Å². The van der Waals surface area contributed by atoms with Gasteiger partial charge in [-0.3, -0.25) is 14.5 Å². The van der Waals surface area contributed by atoms with E-state index in [4.69, 9.17) is 0 Å². The van der Waals surface area contributed by atoms with E-state index < -0.39 is 0 Å². The van der Waals surface area contributed by atoms with Crippen LogP contribution in [0.2, 0.25) is 0 Å². The van der Waals surface area contributed by atoms with E-state index in [1.54, 1.807) is 0 Å². The second-order valence-corrected chi connectivity index (χ2v) is 6.51. The van der Waals surface area contributed by atoms with Crippen molar-refractivity contribution in [3.8, 4) is 0 Å². The fourth-order valence-corrected chi connectivity index (χ4v) is 3.27. The molecular weight excluding hydrogens is 340 g/mol. The van der Waals surface area contributed by atoms with Crippen LogP contribution in [0.5, 0.6) is 0 Å². The van der Waals surface area contributed by atoms with Crippen LogP contribution in [-0.2, 0) is 22.4 Å². The Balaban J connectivity index is 0.00000225. The molecule has 0 radical (unpaired) electrons. The van der Waals surface area contributed by atoms with Gasteiger partial charge in [0, 0.05) is 51.4 Å². The zero-order valence-corrected chi connectivity index (χ0v) is 15.3. The molecule has 0 spiro atoms. The third-order valence-corrected chi connectivity index (χ3v) is 4.62. The molecule has 0 atom stereocenters. The molecule has 0 aliphatic carbocycles. The number of halogens is 1. The summed E-state index contributed by atoms with van der Waals surface area (Å²) in [6.07, 6.45) is 2.72. The Morgan fingerprint density at radius 1 is 1.24 bits per heavy atom. The van der Waals surface area contributed by atoms with Gasteiger partial charge in [0.25, 0.3) is 0 Å². The number of benzene rings is 1. The summed E-state index contributed by atoms with van der Waals surface area (Å²) in [6.45, 7) is 5.85. The summed E-state index contributed by atoms with van der Waals surface area (Å²) < 4.78 is 0. The SMILES string of the molecule is Cl.O=C(CCCc1ccc2c(c1)CC(=O)N2)NCCN1CCNCC1. The molecule has 0 saturated carbocycles. The first-order valence-corrected chi connectivity index (χ1v) is 8.82. The maximum Gasteiger partial charge on any atom is 0.228 e. The van der Waals surface area contributed by atoms with Crippen molar-refractivity contribution < 1.29 is 9.59 Å². The standard InChI is InChI=1S/C18H26N4O2.ClH/c23-17(20-8-11-22-9-6-19-7-10-22)3-1-2-14-4-5-16-15(12-14)13-18(24)21-16;/h4-5,12,19H,1-3,6-11,13H2,(H,20,23)(H,21,24);1H. The van der Waals surface area contributed by atoms with Crippen molar-refractivity contribution in [3.05, 3.63) is 29.3 Å². The van der Waals surface area contributed by atoms with Crippen LogP contribution in [0.3, 0.4) is 0 Å². The minimum Gasteiger partial charge on any atom is -0.355 e. The first-order chi connectivity index (χ1) is 11.7. The topological polar surface area (TPSA) is 73.5 Å². The van der Waals surface area contributed by atoms with E-state index in [9.17, 15) is 9.59 Å². The molecular formula is C18H27ClN4O2. The molecule has 3 rings (SSSR count). The van der Waals surface area contributed by atoms with Crippen LogP contribution in [0.1, 0.15) is 24.0 Å². The van der Waals surface area contributed by atoms with Crippen molar-refractivity contribution in [1.82, 2.24) is 15.5 Å². The molecule has 1 aromatic rings. The Morgan fingerprint density at radius 2 is 2.04 bits per heavy atom. The Labute approximate surface area is 155 Å².